The molecule has 0 amide bonds. The third kappa shape index (κ3) is 50.7. The van der Waals surface area contributed by atoms with Gasteiger partial charge in [-0.25, -0.2) is 0 Å². The van der Waals surface area contributed by atoms with Gasteiger partial charge in [0.15, 0.2) is 0 Å². The van der Waals surface area contributed by atoms with Crippen molar-refractivity contribution in [3.8, 4) is 0 Å². The Labute approximate surface area is 470 Å². The quantitative estimate of drug-likeness (QED) is 0.0571. The number of benzene rings is 1. The monoisotopic (exact) mass is 1030 g/mol. The largest absolute Gasteiger partial charge is 0.0654 e. The van der Waals surface area contributed by atoms with Crippen molar-refractivity contribution in [2.24, 2.45) is 0 Å². The Hall–Kier alpha value is -0.780. The Balaban J connectivity index is 2.36. The zero-order valence-electron chi connectivity index (χ0n) is 52.4. The lowest BCUT2D eigenvalue weighted by Gasteiger charge is -2.18. The summed E-state index contributed by atoms with van der Waals surface area (Å²) >= 11 is 0. The maximum absolute atomic E-state index is 2.67. The van der Waals surface area contributed by atoms with Gasteiger partial charge in [-0.2, -0.15) is 0 Å². The number of hydrogen-bond acceptors (Lipinski definition) is 0. The number of rotatable bonds is 64. The van der Waals surface area contributed by atoms with Gasteiger partial charge in [0, 0.05) is 0 Å². The summed E-state index contributed by atoms with van der Waals surface area (Å²) in [5.74, 6) is 0. The summed E-state index contributed by atoms with van der Waals surface area (Å²) < 4.78 is 0. The highest BCUT2D eigenvalue weighted by Gasteiger charge is 2.12. The van der Waals surface area contributed by atoms with E-state index in [0.29, 0.717) is 0 Å². The molecular formula is C74H142. The summed E-state index contributed by atoms with van der Waals surface area (Å²) in [5.41, 5.74) is 6.93. The lowest BCUT2D eigenvalue weighted by molar-refractivity contribution is 0.520. The minimum absolute atomic E-state index is 1.19. The zero-order valence-corrected chi connectivity index (χ0v) is 52.4. The van der Waals surface area contributed by atoms with Crippen molar-refractivity contribution in [3.05, 3.63) is 34.4 Å². The van der Waals surface area contributed by atoms with Crippen molar-refractivity contribution in [2.45, 2.75) is 439 Å². The molecule has 0 atom stereocenters. The molecule has 0 radical (unpaired) electrons. The SMILES string of the molecule is CCCCCCCCCCCCCCCCCCCCCCc1cc(CC)cc(CCCCCCCCCCCCCCCCCCCCCC)c1CCCCCCCCCCCCCCCCCCCCCC. The van der Waals surface area contributed by atoms with Crippen LogP contribution in [0.15, 0.2) is 12.1 Å². The topological polar surface area (TPSA) is 0 Å². The van der Waals surface area contributed by atoms with Crippen molar-refractivity contribution >= 4 is 0 Å². The Kier molecular flexibility index (Phi) is 59.1. The molecule has 0 aliphatic rings. The average molecular weight is 1030 g/mol. The summed E-state index contributed by atoms with van der Waals surface area (Å²) in [4.78, 5) is 0. The minimum Gasteiger partial charge on any atom is -0.0654 e. The third-order valence-corrected chi connectivity index (χ3v) is 17.8. The second-order valence-electron chi connectivity index (χ2n) is 25.1. The predicted octanol–water partition coefficient (Wildman–Crippen LogP) is 27.3. The molecule has 0 heterocycles. The van der Waals surface area contributed by atoms with E-state index in [1.807, 2.05) is 0 Å². The van der Waals surface area contributed by atoms with Gasteiger partial charge in [-0.3, -0.25) is 0 Å². The van der Waals surface area contributed by atoms with Gasteiger partial charge in [0.25, 0.3) is 0 Å². The normalized spacial score (nSPS) is 11.7. The first-order valence-electron chi connectivity index (χ1n) is 35.9. The van der Waals surface area contributed by atoms with Crippen LogP contribution in [-0.4, -0.2) is 0 Å². The van der Waals surface area contributed by atoms with Gasteiger partial charge in [0.05, 0.1) is 0 Å². The van der Waals surface area contributed by atoms with Gasteiger partial charge in [0.2, 0.25) is 0 Å². The van der Waals surface area contributed by atoms with Crippen LogP contribution in [0.3, 0.4) is 0 Å². The highest BCUT2D eigenvalue weighted by molar-refractivity contribution is 5.40. The van der Waals surface area contributed by atoms with E-state index in [2.05, 4.69) is 39.8 Å². The second-order valence-corrected chi connectivity index (χ2v) is 25.1. The van der Waals surface area contributed by atoms with E-state index in [1.165, 1.54) is 411 Å². The van der Waals surface area contributed by atoms with E-state index in [1.54, 1.807) is 22.3 Å². The van der Waals surface area contributed by atoms with Gasteiger partial charge in [-0.05, 0) is 67.2 Å². The van der Waals surface area contributed by atoms with Crippen LogP contribution in [0, 0.1) is 0 Å². The Morgan fingerprint density at radius 3 is 0.486 bits per heavy atom. The van der Waals surface area contributed by atoms with Gasteiger partial charge < -0.3 is 0 Å². The molecule has 0 heteroatoms. The molecule has 1 aromatic rings. The fourth-order valence-corrected chi connectivity index (χ4v) is 12.5. The van der Waals surface area contributed by atoms with Crippen molar-refractivity contribution in [3.63, 3.8) is 0 Å². The number of aryl methyl sites for hydroxylation is 3. The van der Waals surface area contributed by atoms with E-state index in [4.69, 9.17) is 0 Å². The molecule has 0 bridgehead atoms. The first kappa shape index (κ1) is 71.2. The zero-order chi connectivity index (χ0) is 53.0. The van der Waals surface area contributed by atoms with E-state index in [-0.39, 0.29) is 0 Å². The van der Waals surface area contributed by atoms with Crippen LogP contribution in [0.2, 0.25) is 0 Å². The van der Waals surface area contributed by atoms with E-state index < -0.39 is 0 Å². The smallest absolute Gasteiger partial charge is 0.0273 e. The van der Waals surface area contributed by atoms with Gasteiger partial charge in [0.1, 0.15) is 0 Å². The molecule has 0 spiro atoms. The van der Waals surface area contributed by atoms with Crippen LogP contribution in [0.4, 0.5) is 0 Å². The predicted molar refractivity (Wildman–Crippen MR) is 341 cm³/mol. The molecule has 0 aliphatic heterocycles. The summed E-state index contributed by atoms with van der Waals surface area (Å²) in [6.45, 7) is 9.37. The molecule has 438 valence electrons. The van der Waals surface area contributed by atoms with Crippen molar-refractivity contribution < 1.29 is 0 Å². The van der Waals surface area contributed by atoms with Crippen molar-refractivity contribution in [1.82, 2.24) is 0 Å². The molecule has 0 nitrogen and oxygen atoms in total. The summed E-state index contributed by atoms with van der Waals surface area (Å²) in [6.07, 6.45) is 93.0. The summed E-state index contributed by atoms with van der Waals surface area (Å²) in [6, 6.07) is 5.34. The highest BCUT2D eigenvalue weighted by atomic mass is 14.2. The number of hydrogen-bond donors (Lipinski definition) is 0. The molecule has 0 saturated carbocycles. The fourth-order valence-electron chi connectivity index (χ4n) is 12.5. The molecule has 0 fully saturated rings. The minimum atomic E-state index is 1.19. The molecule has 1 rings (SSSR count). The molecule has 0 saturated heterocycles. The Morgan fingerprint density at radius 1 is 0.176 bits per heavy atom. The maximum Gasteiger partial charge on any atom is -0.0273 e. The molecule has 74 heavy (non-hydrogen) atoms. The molecule has 0 aromatic heterocycles. The van der Waals surface area contributed by atoms with Crippen LogP contribution in [-0.2, 0) is 25.7 Å². The van der Waals surface area contributed by atoms with Crippen molar-refractivity contribution in [1.29, 1.82) is 0 Å². The standard InChI is InChI=1S/C74H142/c1-5-9-12-15-18-21-24-27-30-33-36-39-42-45-48-51-54-57-60-63-66-72-69-71(8-4)70-73(67-64-61-58-55-52-49-46-43-40-37-34-31-28-25-22-19-16-13-10-6-2)74(72)68-65-62-59-56-53-50-47-44-41-38-35-32-29-26-23-20-17-14-11-7-3/h69-70H,5-68H2,1-4H3. The first-order chi connectivity index (χ1) is 36.8. The average Bonchev–Trinajstić information content (AvgIpc) is 3.41. The molecule has 1 aromatic carbocycles. The lowest BCUT2D eigenvalue weighted by Crippen LogP contribution is -2.04. The Bertz CT molecular complexity index is 1110. The lowest BCUT2D eigenvalue weighted by atomic mass is 9.87. The van der Waals surface area contributed by atoms with E-state index in [0.717, 1.165) is 0 Å². The van der Waals surface area contributed by atoms with Gasteiger partial charge >= 0.3 is 0 Å². The molecule has 0 aliphatic carbocycles. The van der Waals surface area contributed by atoms with Gasteiger partial charge in [-0.1, -0.05) is 406 Å². The van der Waals surface area contributed by atoms with Crippen LogP contribution in [0.5, 0.6) is 0 Å². The van der Waals surface area contributed by atoms with Crippen LogP contribution >= 0.6 is 0 Å². The molecule has 0 unspecified atom stereocenters. The second kappa shape index (κ2) is 61.4. The fraction of sp³-hybridized carbons (Fsp3) is 0.919. The summed E-state index contributed by atoms with van der Waals surface area (Å²) in [7, 11) is 0. The maximum atomic E-state index is 2.67. The third-order valence-electron chi connectivity index (χ3n) is 17.8. The highest BCUT2D eigenvalue weighted by Crippen LogP contribution is 2.27. The van der Waals surface area contributed by atoms with Crippen LogP contribution in [0.1, 0.15) is 435 Å². The molecule has 0 N–H and O–H groups in total. The molecular weight excluding hydrogens is 889 g/mol. The first-order valence-corrected chi connectivity index (χ1v) is 35.9. The van der Waals surface area contributed by atoms with Gasteiger partial charge in [-0.15, -0.1) is 0 Å². The number of unbranched alkanes of at least 4 members (excludes halogenated alkanes) is 57. The summed E-state index contributed by atoms with van der Waals surface area (Å²) in [5, 5.41) is 0. The van der Waals surface area contributed by atoms with E-state index >= 15 is 0 Å². The van der Waals surface area contributed by atoms with Crippen LogP contribution in [0.25, 0.3) is 0 Å². The Morgan fingerprint density at radius 2 is 0.324 bits per heavy atom. The van der Waals surface area contributed by atoms with Crippen molar-refractivity contribution in [2.75, 3.05) is 0 Å². The van der Waals surface area contributed by atoms with E-state index in [9.17, 15) is 0 Å². The van der Waals surface area contributed by atoms with Crippen LogP contribution < -0.4 is 0 Å².